The van der Waals surface area contributed by atoms with E-state index in [9.17, 15) is 9.59 Å². The molecule has 1 aliphatic heterocycles. The summed E-state index contributed by atoms with van der Waals surface area (Å²) in [5.41, 5.74) is 5.51. The standard InChI is InChI=1S/C24H23N5O2S/c30-23(17-1-2-17)28-10-9-15(13-28)11-22-26-24(31)29(27-22)19-6-3-16(4-7-19)18-5-8-21-20(12-18)25-14-32-21/h3-8,12,14-15,17H,1-2,9-11,13H2,(H,26,27,31)/t15-/m0/s1. The third kappa shape index (κ3) is 3.64. The normalized spacial score (nSPS) is 18.5. The van der Waals surface area contributed by atoms with Crippen LogP contribution in [0.1, 0.15) is 25.1 Å². The van der Waals surface area contributed by atoms with E-state index in [1.807, 2.05) is 34.7 Å². The van der Waals surface area contributed by atoms with Gasteiger partial charge in [-0.25, -0.2) is 9.78 Å². The van der Waals surface area contributed by atoms with Gasteiger partial charge >= 0.3 is 5.69 Å². The first-order valence-electron chi connectivity index (χ1n) is 11.0. The van der Waals surface area contributed by atoms with Crippen molar-refractivity contribution >= 4 is 27.5 Å². The molecule has 2 aromatic carbocycles. The Morgan fingerprint density at radius 3 is 2.72 bits per heavy atom. The summed E-state index contributed by atoms with van der Waals surface area (Å²) in [5, 5.41) is 4.53. The molecule has 0 radical (unpaired) electrons. The monoisotopic (exact) mass is 445 g/mol. The van der Waals surface area contributed by atoms with Gasteiger partial charge in [-0.15, -0.1) is 11.3 Å². The quantitative estimate of drug-likeness (QED) is 0.508. The molecule has 1 saturated carbocycles. The van der Waals surface area contributed by atoms with Crippen molar-refractivity contribution in [1.29, 1.82) is 0 Å². The van der Waals surface area contributed by atoms with E-state index in [4.69, 9.17) is 0 Å². The van der Waals surface area contributed by atoms with Gasteiger partial charge in [-0.05, 0) is 60.6 Å². The van der Waals surface area contributed by atoms with E-state index in [0.29, 0.717) is 24.1 Å². The number of aromatic nitrogens is 4. The topological polar surface area (TPSA) is 83.9 Å². The molecular formula is C24H23N5O2S. The third-order valence-corrected chi connectivity index (χ3v) is 7.26. The number of aromatic amines is 1. The molecule has 2 aliphatic rings. The van der Waals surface area contributed by atoms with Crippen molar-refractivity contribution in [2.75, 3.05) is 13.1 Å². The first kappa shape index (κ1) is 19.4. The molecule has 0 spiro atoms. The SMILES string of the molecule is O=C(C1CC1)N1CC[C@@H](Cc2nn(-c3ccc(-c4ccc5scnc5c4)cc3)c(=O)[nH]2)C1. The molecule has 4 aromatic rings. The molecule has 8 heteroatoms. The lowest BCUT2D eigenvalue weighted by Gasteiger charge is -2.15. The molecule has 1 aliphatic carbocycles. The van der Waals surface area contributed by atoms with Gasteiger partial charge in [0, 0.05) is 25.4 Å². The highest BCUT2D eigenvalue weighted by atomic mass is 32.1. The Morgan fingerprint density at radius 2 is 1.91 bits per heavy atom. The Morgan fingerprint density at radius 1 is 1.09 bits per heavy atom. The molecule has 1 atom stereocenters. The van der Waals surface area contributed by atoms with Crippen LogP contribution in [0.2, 0.25) is 0 Å². The minimum atomic E-state index is -0.236. The van der Waals surface area contributed by atoms with E-state index in [-0.39, 0.29) is 11.6 Å². The predicted octanol–water partition coefficient (Wildman–Crippen LogP) is 3.64. The molecule has 6 rings (SSSR count). The zero-order valence-corrected chi connectivity index (χ0v) is 18.3. The minimum absolute atomic E-state index is 0.236. The number of benzene rings is 2. The Bertz CT molecular complexity index is 1350. The fourth-order valence-corrected chi connectivity index (χ4v) is 5.19. The third-order valence-electron chi connectivity index (χ3n) is 6.45. The van der Waals surface area contributed by atoms with E-state index in [0.717, 1.165) is 54.7 Å². The smallest absolute Gasteiger partial charge is 0.342 e. The van der Waals surface area contributed by atoms with Crippen LogP contribution in [0.3, 0.4) is 0 Å². The van der Waals surface area contributed by atoms with Crippen LogP contribution in [-0.4, -0.2) is 43.6 Å². The minimum Gasteiger partial charge on any atom is -0.342 e. The van der Waals surface area contributed by atoms with Crippen LogP contribution in [0.15, 0.2) is 52.8 Å². The number of thiazole rings is 1. The maximum Gasteiger partial charge on any atom is 0.348 e. The molecule has 32 heavy (non-hydrogen) atoms. The fraction of sp³-hybridized carbons (Fsp3) is 0.333. The second-order valence-electron chi connectivity index (χ2n) is 8.79. The molecule has 1 amide bonds. The molecule has 0 unspecified atom stereocenters. The van der Waals surface area contributed by atoms with Crippen LogP contribution in [0.4, 0.5) is 0 Å². The largest absolute Gasteiger partial charge is 0.348 e. The van der Waals surface area contributed by atoms with Gasteiger partial charge in [0.2, 0.25) is 5.91 Å². The van der Waals surface area contributed by atoms with Crippen molar-refractivity contribution in [1.82, 2.24) is 24.6 Å². The number of rotatable bonds is 5. The van der Waals surface area contributed by atoms with Crippen molar-refractivity contribution in [3.05, 3.63) is 64.3 Å². The number of carbonyl (C=O) groups excluding carboxylic acids is 1. The van der Waals surface area contributed by atoms with Crippen molar-refractivity contribution in [3.8, 4) is 16.8 Å². The summed E-state index contributed by atoms with van der Waals surface area (Å²) in [4.78, 5) is 34.1. The van der Waals surface area contributed by atoms with Crippen molar-refractivity contribution < 1.29 is 4.79 Å². The second kappa shape index (κ2) is 7.70. The van der Waals surface area contributed by atoms with Gasteiger partial charge in [-0.2, -0.15) is 9.78 Å². The van der Waals surface area contributed by atoms with E-state index in [1.165, 1.54) is 9.38 Å². The van der Waals surface area contributed by atoms with Crippen LogP contribution in [-0.2, 0) is 11.2 Å². The molecule has 7 nitrogen and oxygen atoms in total. The summed E-state index contributed by atoms with van der Waals surface area (Å²) < 4.78 is 2.59. The fourth-order valence-electron chi connectivity index (χ4n) is 4.53. The van der Waals surface area contributed by atoms with Gasteiger partial charge in [-0.1, -0.05) is 18.2 Å². The van der Waals surface area contributed by atoms with Crippen molar-refractivity contribution in [2.45, 2.75) is 25.7 Å². The van der Waals surface area contributed by atoms with Crippen LogP contribution in [0.5, 0.6) is 0 Å². The Labute approximate surface area is 188 Å². The molecule has 2 fully saturated rings. The Kier molecular flexibility index (Phi) is 4.68. The van der Waals surface area contributed by atoms with Crippen molar-refractivity contribution in [2.24, 2.45) is 11.8 Å². The molecule has 1 N–H and O–H groups in total. The van der Waals surface area contributed by atoms with E-state index in [1.54, 1.807) is 11.3 Å². The number of nitrogens with zero attached hydrogens (tertiary/aromatic N) is 4. The zero-order chi connectivity index (χ0) is 21.7. The summed E-state index contributed by atoms with van der Waals surface area (Å²) in [6, 6.07) is 14.1. The number of hydrogen-bond acceptors (Lipinski definition) is 5. The van der Waals surface area contributed by atoms with E-state index in [2.05, 4.69) is 33.3 Å². The summed E-state index contributed by atoms with van der Waals surface area (Å²) in [6.07, 6.45) is 3.72. The van der Waals surface area contributed by atoms with Gasteiger partial charge in [0.15, 0.2) is 0 Å². The number of hydrogen-bond donors (Lipinski definition) is 1. The van der Waals surface area contributed by atoms with Crippen LogP contribution >= 0.6 is 11.3 Å². The van der Waals surface area contributed by atoms with Crippen LogP contribution in [0.25, 0.3) is 27.0 Å². The lowest BCUT2D eigenvalue weighted by molar-refractivity contribution is -0.131. The molecule has 1 saturated heterocycles. The van der Waals surface area contributed by atoms with Crippen molar-refractivity contribution in [3.63, 3.8) is 0 Å². The van der Waals surface area contributed by atoms with Gasteiger partial charge in [0.25, 0.3) is 0 Å². The number of fused-ring (bicyclic) bond motifs is 1. The first-order valence-corrected chi connectivity index (χ1v) is 11.9. The molecule has 162 valence electrons. The summed E-state index contributed by atoms with van der Waals surface area (Å²) in [5.74, 6) is 1.60. The summed E-state index contributed by atoms with van der Waals surface area (Å²) in [7, 11) is 0. The summed E-state index contributed by atoms with van der Waals surface area (Å²) in [6.45, 7) is 1.58. The maximum atomic E-state index is 12.5. The molecule has 3 heterocycles. The Balaban J connectivity index is 1.17. The highest BCUT2D eigenvalue weighted by Crippen LogP contribution is 2.33. The van der Waals surface area contributed by atoms with Gasteiger partial charge in [0.05, 0.1) is 21.4 Å². The highest BCUT2D eigenvalue weighted by Gasteiger charge is 2.36. The first-order chi connectivity index (χ1) is 15.6. The molecule has 0 bridgehead atoms. The Hall–Kier alpha value is -3.26. The molecular weight excluding hydrogens is 422 g/mol. The summed E-state index contributed by atoms with van der Waals surface area (Å²) >= 11 is 1.63. The second-order valence-corrected chi connectivity index (χ2v) is 9.67. The van der Waals surface area contributed by atoms with Crippen LogP contribution < -0.4 is 5.69 Å². The van der Waals surface area contributed by atoms with Gasteiger partial charge in [0.1, 0.15) is 5.82 Å². The van der Waals surface area contributed by atoms with Gasteiger partial charge in [-0.3, -0.25) is 9.78 Å². The highest BCUT2D eigenvalue weighted by molar-refractivity contribution is 7.16. The average Bonchev–Trinajstić information content (AvgIpc) is 3.19. The average molecular weight is 446 g/mol. The van der Waals surface area contributed by atoms with E-state index < -0.39 is 0 Å². The predicted molar refractivity (Wildman–Crippen MR) is 124 cm³/mol. The number of likely N-dealkylation sites (tertiary alicyclic amines) is 1. The number of amides is 1. The maximum absolute atomic E-state index is 12.5. The van der Waals surface area contributed by atoms with E-state index >= 15 is 0 Å². The van der Waals surface area contributed by atoms with Gasteiger partial charge < -0.3 is 4.90 Å². The lowest BCUT2D eigenvalue weighted by Crippen LogP contribution is -2.30. The van der Waals surface area contributed by atoms with Crippen LogP contribution in [0, 0.1) is 11.8 Å². The molecule has 2 aromatic heterocycles. The zero-order valence-electron chi connectivity index (χ0n) is 17.5. The number of H-pyrrole nitrogens is 1. The number of nitrogens with one attached hydrogen (secondary N) is 1. The lowest BCUT2D eigenvalue weighted by atomic mass is 10.1. The number of carbonyl (C=O) groups is 1.